The van der Waals surface area contributed by atoms with Crippen LogP contribution in [-0.2, 0) is 4.79 Å². The second kappa shape index (κ2) is 9.81. The molecule has 0 aliphatic heterocycles. The molecule has 0 aromatic heterocycles. The minimum absolute atomic E-state index is 0.200. The molecule has 0 bridgehead atoms. The van der Waals surface area contributed by atoms with Gasteiger partial charge in [0.2, 0.25) is 0 Å². The number of methoxy groups -OCH3 is 3. The maximum Gasteiger partial charge on any atom is 0.259 e. The second-order valence-corrected chi connectivity index (χ2v) is 5.32. The summed E-state index contributed by atoms with van der Waals surface area (Å²) in [7, 11) is 4.63. The van der Waals surface area contributed by atoms with Gasteiger partial charge in [0.25, 0.3) is 11.8 Å². The van der Waals surface area contributed by atoms with E-state index in [1.165, 1.54) is 13.3 Å². The molecular weight excluding hydrogens is 350 g/mol. The van der Waals surface area contributed by atoms with Crippen molar-refractivity contribution < 1.29 is 23.8 Å². The summed E-state index contributed by atoms with van der Waals surface area (Å²) in [6, 6.07) is 11.8. The van der Waals surface area contributed by atoms with E-state index in [0.29, 0.717) is 22.8 Å². The predicted molar refractivity (Wildman–Crippen MR) is 101 cm³/mol. The van der Waals surface area contributed by atoms with E-state index in [4.69, 9.17) is 14.2 Å². The molecule has 0 unspecified atom stereocenters. The first-order chi connectivity index (χ1) is 13.1. The van der Waals surface area contributed by atoms with Crippen molar-refractivity contribution in [2.24, 2.45) is 5.10 Å². The number of nitrogens with one attached hydrogen (secondary N) is 2. The molecule has 27 heavy (non-hydrogen) atoms. The Bertz CT molecular complexity index is 819. The fraction of sp³-hybridized carbons (Fsp3) is 0.211. The van der Waals surface area contributed by atoms with Crippen molar-refractivity contribution in [1.29, 1.82) is 0 Å². The molecule has 0 aliphatic rings. The van der Waals surface area contributed by atoms with E-state index in [-0.39, 0.29) is 12.5 Å². The third-order valence-corrected chi connectivity index (χ3v) is 3.57. The lowest BCUT2D eigenvalue weighted by Gasteiger charge is -2.07. The topological polar surface area (TPSA) is 98.2 Å². The molecule has 2 amide bonds. The molecule has 0 heterocycles. The van der Waals surface area contributed by atoms with Gasteiger partial charge in [-0.05, 0) is 48.0 Å². The highest BCUT2D eigenvalue weighted by atomic mass is 16.5. The minimum Gasteiger partial charge on any atom is -0.497 e. The van der Waals surface area contributed by atoms with Crippen LogP contribution in [0.5, 0.6) is 17.2 Å². The third kappa shape index (κ3) is 5.74. The Morgan fingerprint density at radius 2 is 1.67 bits per heavy atom. The average molecular weight is 371 g/mol. The zero-order chi connectivity index (χ0) is 19.6. The van der Waals surface area contributed by atoms with Crippen LogP contribution < -0.4 is 25.0 Å². The molecule has 2 aromatic carbocycles. The summed E-state index contributed by atoms with van der Waals surface area (Å²) in [5, 5.41) is 6.37. The number of carbonyl (C=O) groups excluding carboxylic acids is 2. The van der Waals surface area contributed by atoms with Crippen LogP contribution in [0.3, 0.4) is 0 Å². The number of ether oxygens (including phenoxy) is 3. The van der Waals surface area contributed by atoms with Gasteiger partial charge < -0.3 is 19.5 Å². The van der Waals surface area contributed by atoms with Crippen molar-refractivity contribution >= 4 is 18.0 Å². The van der Waals surface area contributed by atoms with Crippen LogP contribution in [0.25, 0.3) is 0 Å². The Balaban J connectivity index is 1.83. The van der Waals surface area contributed by atoms with Gasteiger partial charge in [0.1, 0.15) is 5.75 Å². The van der Waals surface area contributed by atoms with E-state index < -0.39 is 5.91 Å². The van der Waals surface area contributed by atoms with E-state index in [0.717, 1.165) is 5.56 Å². The molecular formula is C19H21N3O5. The molecule has 0 atom stereocenters. The standard InChI is InChI=1S/C19H21N3O5/c1-25-15-7-5-14(6-8-15)19(24)20-12-18(23)22-21-11-13-4-9-16(26-2)17(10-13)27-3/h4-11H,12H2,1-3H3,(H,20,24)(H,22,23)/b21-11+. The number of amides is 2. The molecule has 2 aromatic rings. The molecule has 0 radical (unpaired) electrons. The Kier molecular flexibility index (Phi) is 7.18. The van der Waals surface area contributed by atoms with Gasteiger partial charge in [0.05, 0.1) is 34.1 Å². The first-order valence-electron chi connectivity index (χ1n) is 8.03. The van der Waals surface area contributed by atoms with Crippen molar-refractivity contribution in [2.75, 3.05) is 27.9 Å². The number of hydrogen-bond donors (Lipinski definition) is 2. The van der Waals surface area contributed by atoms with Crippen LogP contribution in [0.4, 0.5) is 0 Å². The average Bonchev–Trinajstić information content (AvgIpc) is 2.71. The molecule has 0 fully saturated rings. The molecule has 0 saturated carbocycles. The van der Waals surface area contributed by atoms with E-state index in [1.807, 2.05) is 0 Å². The van der Waals surface area contributed by atoms with Gasteiger partial charge in [-0.2, -0.15) is 5.10 Å². The molecule has 8 heteroatoms. The number of benzene rings is 2. The zero-order valence-electron chi connectivity index (χ0n) is 15.3. The lowest BCUT2D eigenvalue weighted by atomic mass is 10.2. The zero-order valence-corrected chi connectivity index (χ0v) is 15.3. The normalized spacial score (nSPS) is 10.3. The van der Waals surface area contributed by atoms with Crippen molar-refractivity contribution in [3.05, 3.63) is 53.6 Å². The lowest BCUT2D eigenvalue weighted by Crippen LogP contribution is -2.34. The number of hydrazone groups is 1. The highest BCUT2D eigenvalue weighted by molar-refractivity contribution is 5.96. The highest BCUT2D eigenvalue weighted by Crippen LogP contribution is 2.26. The molecule has 142 valence electrons. The van der Waals surface area contributed by atoms with E-state index in [1.54, 1.807) is 56.7 Å². The van der Waals surface area contributed by atoms with Gasteiger partial charge in [-0.3, -0.25) is 9.59 Å². The van der Waals surface area contributed by atoms with Crippen molar-refractivity contribution in [1.82, 2.24) is 10.7 Å². The second-order valence-electron chi connectivity index (χ2n) is 5.32. The lowest BCUT2D eigenvalue weighted by molar-refractivity contribution is -0.120. The minimum atomic E-state index is -0.450. The summed E-state index contributed by atoms with van der Waals surface area (Å²) in [4.78, 5) is 23.8. The summed E-state index contributed by atoms with van der Waals surface area (Å²) in [6.45, 7) is -0.200. The smallest absolute Gasteiger partial charge is 0.259 e. The van der Waals surface area contributed by atoms with Gasteiger partial charge in [0.15, 0.2) is 11.5 Å². The van der Waals surface area contributed by atoms with E-state index in [2.05, 4.69) is 15.8 Å². The quantitative estimate of drug-likeness (QED) is 0.542. The van der Waals surface area contributed by atoms with Crippen molar-refractivity contribution in [3.8, 4) is 17.2 Å². The summed E-state index contributed by atoms with van der Waals surface area (Å²) in [5.41, 5.74) is 3.49. The fourth-order valence-corrected chi connectivity index (χ4v) is 2.16. The number of hydrogen-bond acceptors (Lipinski definition) is 6. The van der Waals surface area contributed by atoms with Gasteiger partial charge >= 0.3 is 0 Å². The summed E-state index contributed by atoms with van der Waals surface area (Å²) < 4.78 is 15.4. The SMILES string of the molecule is COc1ccc(C(=O)NCC(=O)N/N=C/c2ccc(OC)c(OC)c2)cc1. The Labute approximate surface area is 157 Å². The van der Waals surface area contributed by atoms with E-state index >= 15 is 0 Å². The van der Waals surface area contributed by atoms with Gasteiger partial charge in [0, 0.05) is 5.56 Å². The molecule has 0 aliphatic carbocycles. The molecule has 2 rings (SSSR count). The van der Waals surface area contributed by atoms with Crippen molar-refractivity contribution in [3.63, 3.8) is 0 Å². The molecule has 0 spiro atoms. The first kappa shape index (κ1) is 19.8. The maximum atomic E-state index is 12.0. The largest absolute Gasteiger partial charge is 0.497 e. The molecule has 8 nitrogen and oxygen atoms in total. The monoisotopic (exact) mass is 371 g/mol. The number of nitrogens with zero attached hydrogens (tertiary/aromatic N) is 1. The molecule has 2 N–H and O–H groups in total. The highest BCUT2D eigenvalue weighted by Gasteiger charge is 2.08. The Hall–Kier alpha value is -3.55. The van der Waals surface area contributed by atoms with Crippen LogP contribution in [0.2, 0.25) is 0 Å². The van der Waals surface area contributed by atoms with Gasteiger partial charge in [-0.15, -0.1) is 0 Å². The number of rotatable bonds is 8. The van der Waals surface area contributed by atoms with Gasteiger partial charge in [-0.1, -0.05) is 0 Å². The van der Waals surface area contributed by atoms with Crippen LogP contribution in [0, 0.1) is 0 Å². The summed E-state index contributed by atoms with van der Waals surface area (Å²) >= 11 is 0. The summed E-state index contributed by atoms with van der Waals surface area (Å²) in [5.74, 6) is 0.985. The Morgan fingerprint density at radius 1 is 0.963 bits per heavy atom. The first-order valence-corrected chi connectivity index (χ1v) is 8.03. The third-order valence-electron chi connectivity index (χ3n) is 3.57. The number of carbonyl (C=O) groups is 2. The fourth-order valence-electron chi connectivity index (χ4n) is 2.16. The van der Waals surface area contributed by atoms with Crippen LogP contribution >= 0.6 is 0 Å². The predicted octanol–water partition coefficient (Wildman–Crippen LogP) is 1.59. The molecule has 0 saturated heterocycles. The van der Waals surface area contributed by atoms with Crippen LogP contribution in [-0.4, -0.2) is 45.9 Å². The van der Waals surface area contributed by atoms with Gasteiger partial charge in [-0.25, -0.2) is 5.43 Å². The van der Waals surface area contributed by atoms with E-state index in [9.17, 15) is 9.59 Å². The van der Waals surface area contributed by atoms with Crippen LogP contribution in [0.1, 0.15) is 15.9 Å². The van der Waals surface area contributed by atoms with Crippen LogP contribution in [0.15, 0.2) is 47.6 Å². The maximum absolute atomic E-state index is 12.0. The Morgan fingerprint density at radius 3 is 2.30 bits per heavy atom. The summed E-state index contributed by atoms with van der Waals surface area (Å²) in [6.07, 6.45) is 1.46. The van der Waals surface area contributed by atoms with Crippen molar-refractivity contribution in [2.45, 2.75) is 0 Å².